The van der Waals surface area contributed by atoms with E-state index >= 15 is 0 Å². The van der Waals surface area contributed by atoms with Crippen molar-refractivity contribution >= 4 is 0 Å². The number of rotatable bonds is 6. The van der Waals surface area contributed by atoms with E-state index in [-0.39, 0.29) is 0 Å². The highest BCUT2D eigenvalue weighted by molar-refractivity contribution is 5.12. The lowest BCUT2D eigenvalue weighted by molar-refractivity contribution is 0.151. The van der Waals surface area contributed by atoms with Crippen molar-refractivity contribution in [2.75, 3.05) is 13.7 Å². The van der Waals surface area contributed by atoms with E-state index in [1.54, 1.807) is 7.11 Å². The summed E-state index contributed by atoms with van der Waals surface area (Å²) in [5, 5.41) is 0. The van der Waals surface area contributed by atoms with Crippen LogP contribution in [0, 0.1) is 5.92 Å². The van der Waals surface area contributed by atoms with Gasteiger partial charge < -0.3 is 4.74 Å². The Morgan fingerprint density at radius 1 is 1.44 bits per heavy atom. The SMILES string of the molecule is COCC(C)CC(NN)C1=CCCCCC1. The fraction of sp³-hybridized carbons (Fsp3) is 0.846. The summed E-state index contributed by atoms with van der Waals surface area (Å²) in [6.07, 6.45) is 9.86. The van der Waals surface area contributed by atoms with Crippen LogP contribution in [0.1, 0.15) is 45.4 Å². The molecule has 0 aromatic rings. The van der Waals surface area contributed by atoms with E-state index in [1.807, 2.05) is 0 Å². The molecule has 94 valence electrons. The molecule has 3 heteroatoms. The highest BCUT2D eigenvalue weighted by Crippen LogP contribution is 2.23. The monoisotopic (exact) mass is 226 g/mol. The van der Waals surface area contributed by atoms with Gasteiger partial charge in [-0.2, -0.15) is 0 Å². The first kappa shape index (κ1) is 13.7. The van der Waals surface area contributed by atoms with E-state index in [2.05, 4.69) is 18.4 Å². The second-order valence-electron chi connectivity index (χ2n) is 4.89. The number of hydrogen-bond donors (Lipinski definition) is 2. The van der Waals surface area contributed by atoms with Crippen LogP contribution in [-0.2, 0) is 4.74 Å². The number of hydrogen-bond acceptors (Lipinski definition) is 3. The van der Waals surface area contributed by atoms with E-state index in [9.17, 15) is 0 Å². The summed E-state index contributed by atoms with van der Waals surface area (Å²) in [6, 6.07) is 0.336. The lowest BCUT2D eigenvalue weighted by Gasteiger charge is -2.22. The molecular formula is C13H26N2O. The van der Waals surface area contributed by atoms with Crippen LogP contribution >= 0.6 is 0 Å². The van der Waals surface area contributed by atoms with Gasteiger partial charge in [0.05, 0.1) is 0 Å². The van der Waals surface area contributed by atoms with Crippen molar-refractivity contribution in [2.45, 2.75) is 51.5 Å². The Morgan fingerprint density at radius 3 is 2.94 bits per heavy atom. The van der Waals surface area contributed by atoms with E-state index in [0.29, 0.717) is 12.0 Å². The molecule has 0 spiro atoms. The van der Waals surface area contributed by atoms with Crippen LogP contribution in [-0.4, -0.2) is 19.8 Å². The first-order valence-corrected chi connectivity index (χ1v) is 6.42. The average Bonchev–Trinajstić information content (AvgIpc) is 2.55. The molecule has 0 fully saturated rings. The molecule has 3 N–H and O–H groups in total. The van der Waals surface area contributed by atoms with Crippen LogP contribution in [0.2, 0.25) is 0 Å². The predicted octanol–water partition coefficient (Wildman–Crippen LogP) is 2.38. The standard InChI is InChI=1S/C13H26N2O/c1-11(10-16-2)9-13(15-14)12-7-5-3-4-6-8-12/h7,11,13,15H,3-6,8-10,14H2,1-2H3. The third-order valence-corrected chi connectivity index (χ3v) is 3.31. The number of nitrogens with one attached hydrogen (secondary N) is 1. The molecular weight excluding hydrogens is 200 g/mol. The summed E-state index contributed by atoms with van der Waals surface area (Å²) in [6.45, 7) is 3.02. The van der Waals surface area contributed by atoms with Crippen molar-refractivity contribution < 1.29 is 4.74 Å². The number of allylic oxidation sites excluding steroid dienone is 1. The van der Waals surface area contributed by atoms with Crippen LogP contribution in [0.5, 0.6) is 0 Å². The van der Waals surface area contributed by atoms with Crippen LogP contribution in [0.25, 0.3) is 0 Å². The van der Waals surface area contributed by atoms with Crippen molar-refractivity contribution in [3.63, 3.8) is 0 Å². The first-order valence-electron chi connectivity index (χ1n) is 6.42. The van der Waals surface area contributed by atoms with Crippen molar-refractivity contribution in [2.24, 2.45) is 11.8 Å². The summed E-state index contributed by atoms with van der Waals surface area (Å²) in [5.41, 5.74) is 4.47. The molecule has 2 unspecified atom stereocenters. The highest BCUT2D eigenvalue weighted by Gasteiger charge is 2.17. The van der Waals surface area contributed by atoms with Crippen LogP contribution in [0.3, 0.4) is 0 Å². The quantitative estimate of drug-likeness (QED) is 0.415. The van der Waals surface area contributed by atoms with Gasteiger partial charge in [-0.1, -0.05) is 25.0 Å². The Bertz CT molecular complexity index is 216. The van der Waals surface area contributed by atoms with Gasteiger partial charge in [0.2, 0.25) is 0 Å². The maximum atomic E-state index is 5.67. The Balaban J connectivity index is 2.48. The van der Waals surface area contributed by atoms with E-state index < -0.39 is 0 Å². The number of methoxy groups -OCH3 is 1. The second kappa shape index (κ2) is 7.82. The van der Waals surface area contributed by atoms with E-state index in [1.165, 1.54) is 37.7 Å². The largest absolute Gasteiger partial charge is 0.384 e. The Morgan fingerprint density at radius 2 is 2.25 bits per heavy atom. The van der Waals surface area contributed by atoms with Crippen LogP contribution < -0.4 is 11.3 Å². The molecule has 0 aromatic heterocycles. The minimum atomic E-state index is 0.336. The molecule has 0 aromatic carbocycles. The Hall–Kier alpha value is -0.380. The zero-order valence-corrected chi connectivity index (χ0v) is 10.7. The third kappa shape index (κ3) is 4.64. The molecule has 1 rings (SSSR count). The van der Waals surface area contributed by atoms with Gasteiger partial charge in [-0.3, -0.25) is 11.3 Å². The lowest BCUT2D eigenvalue weighted by atomic mass is 9.94. The molecule has 0 saturated carbocycles. The summed E-state index contributed by atoms with van der Waals surface area (Å²) < 4.78 is 5.17. The maximum absolute atomic E-state index is 5.67. The normalized spacial score (nSPS) is 21.1. The Labute approximate surface area is 99.4 Å². The van der Waals surface area contributed by atoms with Crippen molar-refractivity contribution in [3.05, 3.63) is 11.6 Å². The summed E-state index contributed by atoms with van der Waals surface area (Å²) >= 11 is 0. The molecule has 0 aliphatic heterocycles. The molecule has 2 atom stereocenters. The summed E-state index contributed by atoms with van der Waals surface area (Å²) in [4.78, 5) is 0. The lowest BCUT2D eigenvalue weighted by Crippen LogP contribution is -2.38. The predicted molar refractivity (Wildman–Crippen MR) is 67.9 cm³/mol. The fourth-order valence-electron chi connectivity index (χ4n) is 2.44. The molecule has 0 saturated heterocycles. The number of ether oxygens (including phenoxy) is 1. The maximum Gasteiger partial charge on any atom is 0.0488 e. The van der Waals surface area contributed by atoms with Gasteiger partial charge in [-0.15, -0.1) is 0 Å². The van der Waals surface area contributed by atoms with Crippen molar-refractivity contribution in [1.29, 1.82) is 0 Å². The third-order valence-electron chi connectivity index (χ3n) is 3.31. The topological polar surface area (TPSA) is 47.3 Å². The summed E-state index contributed by atoms with van der Waals surface area (Å²) in [5.74, 6) is 6.22. The smallest absolute Gasteiger partial charge is 0.0488 e. The van der Waals surface area contributed by atoms with Gasteiger partial charge in [-0.25, -0.2) is 0 Å². The minimum Gasteiger partial charge on any atom is -0.384 e. The van der Waals surface area contributed by atoms with E-state index in [0.717, 1.165) is 13.0 Å². The van der Waals surface area contributed by atoms with Gasteiger partial charge >= 0.3 is 0 Å². The molecule has 16 heavy (non-hydrogen) atoms. The van der Waals surface area contributed by atoms with Gasteiger partial charge in [0.15, 0.2) is 0 Å². The van der Waals surface area contributed by atoms with Gasteiger partial charge in [-0.05, 0) is 38.0 Å². The number of hydrazine groups is 1. The zero-order valence-electron chi connectivity index (χ0n) is 10.7. The van der Waals surface area contributed by atoms with Crippen molar-refractivity contribution in [1.82, 2.24) is 5.43 Å². The molecule has 1 aliphatic carbocycles. The number of nitrogens with two attached hydrogens (primary N) is 1. The molecule has 0 bridgehead atoms. The molecule has 3 nitrogen and oxygen atoms in total. The molecule has 0 heterocycles. The van der Waals surface area contributed by atoms with Crippen LogP contribution in [0.15, 0.2) is 11.6 Å². The average molecular weight is 226 g/mol. The fourth-order valence-corrected chi connectivity index (χ4v) is 2.44. The zero-order chi connectivity index (χ0) is 11.8. The van der Waals surface area contributed by atoms with Gasteiger partial charge in [0.1, 0.15) is 0 Å². The van der Waals surface area contributed by atoms with Gasteiger partial charge in [0.25, 0.3) is 0 Å². The summed E-state index contributed by atoms with van der Waals surface area (Å²) in [7, 11) is 1.76. The highest BCUT2D eigenvalue weighted by atomic mass is 16.5. The first-order chi connectivity index (χ1) is 7.77. The Kier molecular flexibility index (Phi) is 6.69. The van der Waals surface area contributed by atoms with Gasteiger partial charge in [0, 0.05) is 19.8 Å². The minimum absolute atomic E-state index is 0.336. The molecule has 0 radical (unpaired) electrons. The molecule has 1 aliphatic rings. The van der Waals surface area contributed by atoms with E-state index in [4.69, 9.17) is 10.6 Å². The van der Waals surface area contributed by atoms with Crippen LogP contribution in [0.4, 0.5) is 0 Å². The van der Waals surface area contributed by atoms with Crippen molar-refractivity contribution in [3.8, 4) is 0 Å². The second-order valence-corrected chi connectivity index (χ2v) is 4.89. The molecule has 0 amide bonds.